The third-order valence-electron chi connectivity index (χ3n) is 2.33. The summed E-state index contributed by atoms with van der Waals surface area (Å²) in [6.45, 7) is 5.28. The molecule has 1 amide bonds. The number of rotatable bonds is 4. The van der Waals surface area contributed by atoms with Gasteiger partial charge in [0.25, 0.3) is 5.91 Å². The lowest BCUT2D eigenvalue weighted by Gasteiger charge is -2.24. The smallest absolute Gasteiger partial charge is 0.305 e. The minimum Gasteiger partial charge on any atom is -0.481 e. The predicted octanol–water partition coefficient (Wildman–Crippen LogP) is 1.98. The minimum absolute atomic E-state index is 0.107. The molecular weight excluding hydrogens is 218 g/mol. The topological polar surface area (TPSA) is 66.4 Å². The van der Waals surface area contributed by atoms with Crippen LogP contribution in [0.25, 0.3) is 0 Å². The Morgan fingerprint density at radius 1 is 1.35 bits per heavy atom. The fraction of sp³-hybridized carbons (Fsp3) is 0.385. The molecule has 0 aliphatic rings. The fourth-order valence-electron chi connectivity index (χ4n) is 1.59. The van der Waals surface area contributed by atoms with Crippen molar-refractivity contribution in [3.8, 4) is 0 Å². The van der Waals surface area contributed by atoms with Gasteiger partial charge >= 0.3 is 5.97 Å². The highest BCUT2D eigenvalue weighted by Gasteiger charge is 2.24. The second-order valence-corrected chi connectivity index (χ2v) is 4.78. The van der Waals surface area contributed by atoms with Crippen molar-refractivity contribution in [1.29, 1.82) is 0 Å². The summed E-state index contributed by atoms with van der Waals surface area (Å²) in [5.41, 5.74) is 0.782. The summed E-state index contributed by atoms with van der Waals surface area (Å²) in [4.78, 5) is 22.5. The number of carboxylic acid groups (broad SMARTS) is 1. The Bertz CT molecular complexity index is 438. The van der Waals surface area contributed by atoms with E-state index in [1.165, 1.54) is 0 Å². The summed E-state index contributed by atoms with van der Waals surface area (Å²) in [6, 6.07) is 7.18. The summed E-state index contributed by atoms with van der Waals surface area (Å²) in [6.07, 6.45) is -0.107. The fourth-order valence-corrected chi connectivity index (χ4v) is 1.59. The van der Waals surface area contributed by atoms with Crippen molar-refractivity contribution in [1.82, 2.24) is 5.32 Å². The molecule has 1 rings (SSSR count). The van der Waals surface area contributed by atoms with Crippen LogP contribution in [0, 0.1) is 6.92 Å². The lowest BCUT2D eigenvalue weighted by Crippen LogP contribution is -2.44. The number of carboxylic acids is 1. The van der Waals surface area contributed by atoms with Gasteiger partial charge in [-0.1, -0.05) is 17.7 Å². The van der Waals surface area contributed by atoms with E-state index in [0.29, 0.717) is 5.56 Å². The summed E-state index contributed by atoms with van der Waals surface area (Å²) < 4.78 is 0. The zero-order chi connectivity index (χ0) is 13.1. The molecule has 0 aliphatic carbocycles. The number of nitrogens with one attached hydrogen (secondary N) is 1. The SMILES string of the molecule is Cc1cccc(C(=O)NC(C)(C)CC(=O)O)c1. The van der Waals surface area contributed by atoms with E-state index >= 15 is 0 Å². The normalized spacial score (nSPS) is 11.0. The van der Waals surface area contributed by atoms with Gasteiger partial charge in [-0.15, -0.1) is 0 Å². The van der Waals surface area contributed by atoms with Crippen LogP contribution in [0.3, 0.4) is 0 Å². The van der Waals surface area contributed by atoms with E-state index in [9.17, 15) is 9.59 Å². The standard InChI is InChI=1S/C13H17NO3/c1-9-5-4-6-10(7-9)12(17)14-13(2,3)8-11(15)16/h4-7H,8H2,1-3H3,(H,14,17)(H,15,16). The molecule has 92 valence electrons. The molecule has 4 nitrogen and oxygen atoms in total. The van der Waals surface area contributed by atoms with Crippen molar-refractivity contribution in [3.63, 3.8) is 0 Å². The van der Waals surface area contributed by atoms with E-state index in [-0.39, 0.29) is 12.3 Å². The number of carbonyl (C=O) groups is 2. The lowest BCUT2D eigenvalue weighted by molar-refractivity contribution is -0.138. The van der Waals surface area contributed by atoms with E-state index in [1.54, 1.807) is 32.0 Å². The highest BCUT2D eigenvalue weighted by molar-refractivity contribution is 5.95. The van der Waals surface area contributed by atoms with Crippen molar-refractivity contribution < 1.29 is 14.7 Å². The van der Waals surface area contributed by atoms with Gasteiger partial charge in [0.1, 0.15) is 0 Å². The van der Waals surface area contributed by atoms with Crippen LogP contribution in [0.5, 0.6) is 0 Å². The first-order valence-corrected chi connectivity index (χ1v) is 5.41. The molecule has 0 fully saturated rings. The first-order valence-electron chi connectivity index (χ1n) is 5.41. The van der Waals surface area contributed by atoms with Gasteiger partial charge in [0.15, 0.2) is 0 Å². The van der Waals surface area contributed by atoms with Crippen molar-refractivity contribution in [2.24, 2.45) is 0 Å². The van der Waals surface area contributed by atoms with Gasteiger partial charge in [0, 0.05) is 11.1 Å². The zero-order valence-corrected chi connectivity index (χ0v) is 10.3. The highest BCUT2D eigenvalue weighted by atomic mass is 16.4. The van der Waals surface area contributed by atoms with Crippen LogP contribution in [0.2, 0.25) is 0 Å². The van der Waals surface area contributed by atoms with E-state index in [1.807, 2.05) is 13.0 Å². The maximum absolute atomic E-state index is 11.9. The molecule has 1 aromatic rings. The highest BCUT2D eigenvalue weighted by Crippen LogP contribution is 2.11. The number of aryl methyl sites for hydroxylation is 1. The molecular formula is C13H17NO3. The van der Waals surface area contributed by atoms with Gasteiger partial charge in [-0.2, -0.15) is 0 Å². The van der Waals surface area contributed by atoms with Crippen LogP contribution < -0.4 is 5.32 Å². The Morgan fingerprint density at radius 2 is 2.00 bits per heavy atom. The van der Waals surface area contributed by atoms with Crippen LogP contribution in [0.1, 0.15) is 36.2 Å². The van der Waals surface area contributed by atoms with Gasteiger partial charge in [-0.25, -0.2) is 0 Å². The molecule has 0 aliphatic heterocycles. The minimum atomic E-state index is -0.931. The van der Waals surface area contributed by atoms with Crippen molar-refractivity contribution in [2.75, 3.05) is 0 Å². The van der Waals surface area contributed by atoms with E-state index in [2.05, 4.69) is 5.32 Å². The lowest BCUT2D eigenvalue weighted by atomic mass is 10.00. The van der Waals surface area contributed by atoms with Crippen LogP contribution in [-0.4, -0.2) is 22.5 Å². The molecule has 0 radical (unpaired) electrons. The van der Waals surface area contributed by atoms with Gasteiger partial charge in [0.2, 0.25) is 0 Å². The Balaban J connectivity index is 2.75. The molecule has 0 atom stereocenters. The molecule has 17 heavy (non-hydrogen) atoms. The first kappa shape index (κ1) is 13.2. The van der Waals surface area contributed by atoms with Gasteiger partial charge in [-0.3, -0.25) is 9.59 Å². The molecule has 0 spiro atoms. The average Bonchev–Trinajstić information content (AvgIpc) is 2.14. The predicted molar refractivity (Wildman–Crippen MR) is 65.0 cm³/mol. The summed E-state index contributed by atoms with van der Waals surface area (Å²) >= 11 is 0. The third kappa shape index (κ3) is 4.26. The Labute approximate surface area is 101 Å². The van der Waals surface area contributed by atoms with Gasteiger partial charge in [0.05, 0.1) is 6.42 Å². The monoisotopic (exact) mass is 235 g/mol. The number of hydrogen-bond donors (Lipinski definition) is 2. The third-order valence-corrected chi connectivity index (χ3v) is 2.33. The van der Waals surface area contributed by atoms with E-state index in [0.717, 1.165) is 5.56 Å². The molecule has 1 aromatic carbocycles. The number of aliphatic carboxylic acids is 1. The average molecular weight is 235 g/mol. The van der Waals surface area contributed by atoms with E-state index in [4.69, 9.17) is 5.11 Å². The van der Waals surface area contributed by atoms with Crippen molar-refractivity contribution in [2.45, 2.75) is 32.7 Å². The molecule has 0 saturated heterocycles. The molecule has 0 heterocycles. The van der Waals surface area contributed by atoms with Crippen molar-refractivity contribution >= 4 is 11.9 Å². The van der Waals surface area contributed by atoms with Crippen LogP contribution in [0.4, 0.5) is 0 Å². The Hall–Kier alpha value is -1.84. The largest absolute Gasteiger partial charge is 0.481 e. The van der Waals surface area contributed by atoms with Crippen LogP contribution >= 0.6 is 0 Å². The second kappa shape index (κ2) is 4.99. The van der Waals surface area contributed by atoms with Gasteiger partial charge in [-0.05, 0) is 32.9 Å². The molecule has 0 unspecified atom stereocenters. The summed E-state index contributed by atoms with van der Waals surface area (Å²) in [5.74, 6) is -1.18. The quantitative estimate of drug-likeness (QED) is 0.838. The first-order chi connectivity index (χ1) is 7.80. The summed E-state index contributed by atoms with van der Waals surface area (Å²) in [5, 5.41) is 11.4. The van der Waals surface area contributed by atoms with Crippen LogP contribution in [-0.2, 0) is 4.79 Å². The Kier molecular flexibility index (Phi) is 3.89. The van der Waals surface area contributed by atoms with Gasteiger partial charge < -0.3 is 10.4 Å². The molecule has 0 saturated carbocycles. The molecule has 0 aromatic heterocycles. The summed E-state index contributed by atoms with van der Waals surface area (Å²) in [7, 11) is 0. The maximum Gasteiger partial charge on any atom is 0.305 e. The van der Waals surface area contributed by atoms with Crippen LogP contribution in [0.15, 0.2) is 24.3 Å². The second-order valence-electron chi connectivity index (χ2n) is 4.78. The number of hydrogen-bond acceptors (Lipinski definition) is 2. The number of amides is 1. The maximum atomic E-state index is 11.9. The molecule has 0 bridgehead atoms. The van der Waals surface area contributed by atoms with Crippen molar-refractivity contribution in [3.05, 3.63) is 35.4 Å². The van der Waals surface area contributed by atoms with E-state index < -0.39 is 11.5 Å². The zero-order valence-electron chi connectivity index (χ0n) is 10.3. The molecule has 4 heteroatoms. The molecule has 2 N–H and O–H groups in total. The number of benzene rings is 1. The number of carbonyl (C=O) groups excluding carboxylic acids is 1. The Morgan fingerprint density at radius 3 is 2.53 bits per heavy atom.